The Labute approximate surface area is 123 Å². The zero-order chi connectivity index (χ0) is 15.1. The Hall–Kier alpha value is -0.970. The minimum atomic E-state index is -3.72. The van der Waals surface area contributed by atoms with Crippen molar-refractivity contribution in [3.8, 4) is 0 Å². The zero-order valence-electron chi connectivity index (χ0n) is 11.4. The summed E-state index contributed by atoms with van der Waals surface area (Å²) >= 11 is 0. The predicted octanol–water partition coefficient (Wildman–Crippen LogP) is -0.919. The highest BCUT2D eigenvalue weighted by molar-refractivity contribution is 7.92. The first kappa shape index (κ1) is 14.9. The Balaban J connectivity index is 1.76. The maximum atomic E-state index is 12.6. The number of aromatic nitrogens is 2. The van der Waals surface area contributed by atoms with Crippen LogP contribution in [0.15, 0.2) is 11.2 Å². The van der Waals surface area contributed by atoms with Crippen LogP contribution in [0.1, 0.15) is 18.4 Å². The minimum Gasteiger partial charge on any atom is -0.310 e. The number of rotatable bonds is 5. The van der Waals surface area contributed by atoms with Gasteiger partial charge in [-0.2, -0.15) is 9.40 Å². The van der Waals surface area contributed by atoms with Crippen molar-refractivity contribution in [3.63, 3.8) is 0 Å². The fraction of sp³-hybridized carbons (Fsp3) is 0.727. The molecule has 1 saturated carbocycles. The lowest BCUT2D eigenvalue weighted by molar-refractivity contribution is 0.427. The van der Waals surface area contributed by atoms with Crippen LogP contribution < -0.4 is 5.32 Å². The number of sulfone groups is 1. The second-order valence-corrected chi connectivity index (χ2v) is 9.61. The quantitative estimate of drug-likeness (QED) is 0.720. The molecule has 2 aliphatic rings. The van der Waals surface area contributed by atoms with Gasteiger partial charge in [-0.15, -0.1) is 0 Å². The molecule has 0 atom stereocenters. The van der Waals surface area contributed by atoms with E-state index in [0.29, 0.717) is 18.2 Å². The van der Waals surface area contributed by atoms with E-state index in [1.54, 1.807) is 0 Å². The number of sulfonamides is 1. The number of hydrogen-bond acceptors (Lipinski definition) is 6. The molecular weight excluding hydrogens is 316 g/mol. The first-order valence-corrected chi connectivity index (χ1v) is 10.1. The smallest absolute Gasteiger partial charge is 0.260 e. The molecule has 2 fully saturated rings. The molecule has 0 radical (unpaired) electrons. The minimum absolute atomic E-state index is 0.000813. The van der Waals surface area contributed by atoms with Gasteiger partial charge in [0.05, 0.1) is 17.7 Å². The van der Waals surface area contributed by atoms with E-state index in [1.807, 2.05) is 0 Å². The van der Waals surface area contributed by atoms with Gasteiger partial charge in [0.25, 0.3) is 10.0 Å². The average Bonchev–Trinajstić information content (AvgIpc) is 3.12. The Kier molecular flexibility index (Phi) is 3.80. The van der Waals surface area contributed by atoms with Gasteiger partial charge >= 0.3 is 0 Å². The fourth-order valence-electron chi connectivity index (χ4n) is 2.26. The molecule has 0 aromatic carbocycles. The van der Waals surface area contributed by atoms with Gasteiger partial charge in [0.15, 0.2) is 14.9 Å². The van der Waals surface area contributed by atoms with Crippen molar-refractivity contribution in [1.29, 1.82) is 0 Å². The van der Waals surface area contributed by atoms with Crippen LogP contribution in [0.5, 0.6) is 0 Å². The summed E-state index contributed by atoms with van der Waals surface area (Å²) < 4.78 is 49.2. The van der Waals surface area contributed by atoms with Gasteiger partial charge in [-0.3, -0.25) is 5.10 Å². The topological polar surface area (TPSA) is 112 Å². The standard InChI is InChI=1S/C11H18N4O4S2/c16-20(17)5-3-15(4-6-20)21(18,19)11-9(8-13-14-11)7-12-10-1-2-10/h8,10,12H,1-7H2,(H,13,14). The van der Waals surface area contributed by atoms with Crippen LogP contribution in [0.3, 0.4) is 0 Å². The molecule has 8 nitrogen and oxygen atoms in total. The van der Waals surface area contributed by atoms with Gasteiger partial charge in [-0.25, -0.2) is 16.8 Å². The Morgan fingerprint density at radius 3 is 2.62 bits per heavy atom. The van der Waals surface area contributed by atoms with E-state index in [4.69, 9.17) is 0 Å². The van der Waals surface area contributed by atoms with Crippen LogP contribution in [0.4, 0.5) is 0 Å². The molecular formula is C11H18N4O4S2. The van der Waals surface area contributed by atoms with Crippen molar-refractivity contribution in [2.75, 3.05) is 24.6 Å². The van der Waals surface area contributed by atoms with E-state index >= 15 is 0 Å². The first-order valence-electron chi connectivity index (χ1n) is 6.85. The third kappa shape index (κ3) is 3.28. The van der Waals surface area contributed by atoms with Crippen molar-refractivity contribution in [2.45, 2.75) is 30.5 Å². The monoisotopic (exact) mass is 334 g/mol. The van der Waals surface area contributed by atoms with Crippen molar-refractivity contribution >= 4 is 19.9 Å². The van der Waals surface area contributed by atoms with E-state index in [0.717, 1.165) is 12.8 Å². The van der Waals surface area contributed by atoms with Gasteiger partial charge in [-0.05, 0) is 12.8 Å². The molecule has 1 aromatic rings. The second-order valence-electron chi connectivity index (χ2n) is 5.44. The summed E-state index contributed by atoms with van der Waals surface area (Å²) in [5.41, 5.74) is 0.593. The fourth-order valence-corrected chi connectivity index (χ4v) is 5.23. The summed E-state index contributed by atoms with van der Waals surface area (Å²) in [5.74, 6) is -0.258. The van der Waals surface area contributed by atoms with Crippen LogP contribution >= 0.6 is 0 Å². The Morgan fingerprint density at radius 1 is 1.33 bits per heavy atom. The van der Waals surface area contributed by atoms with Crippen molar-refractivity contribution in [1.82, 2.24) is 19.8 Å². The molecule has 118 valence electrons. The van der Waals surface area contributed by atoms with Gasteiger partial charge < -0.3 is 5.32 Å². The summed E-state index contributed by atoms with van der Waals surface area (Å²) in [5, 5.41) is 9.67. The molecule has 1 aromatic heterocycles. The highest BCUT2D eigenvalue weighted by atomic mass is 32.2. The van der Waals surface area contributed by atoms with E-state index in [-0.39, 0.29) is 29.6 Å². The number of nitrogens with zero attached hydrogens (tertiary/aromatic N) is 2. The molecule has 1 aliphatic heterocycles. The summed E-state index contributed by atoms with van der Waals surface area (Å²) in [7, 11) is -6.83. The van der Waals surface area contributed by atoms with Gasteiger partial charge in [-0.1, -0.05) is 0 Å². The zero-order valence-corrected chi connectivity index (χ0v) is 13.1. The third-order valence-corrected chi connectivity index (χ3v) is 7.26. The normalized spacial score (nSPS) is 23.2. The van der Waals surface area contributed by atoms with Crippen LogP contribution in [-0.4, -0.2) is 62.0 Å². The lowest BCUT2D eigenvalue weighted by atomic mass is 10.3. The van der Waals surface area contributed by atoms with E-state index in [2.05, 4.69) is 15.5 Å². The molecule has 2 heterocycles. The van der Waals surface area contributed by atoms with E-state index in [9.17, 15) is 16.8 Å². The van der Waals surface area contributed by atoms with Crippen LogP contribution in [0, 0.1) is 0 Å². The van der Waals surface area contributed by atoms with Crippen molar-refractivity contribution in [2.24, 2.45) is 0 Å². The number of H-pyrrole nitrogens is 1. The average molecular weight is 334 g/mol. The molecule has 1 aliphatic carbocycles. The third-order valence-electron chi connectivity index (χ3n) is 3.74. The van der Waals surface area contributed by atoms with E-state index < -0.39 is 19.9 Å². The molecule has 0 bridgehead atoms. The van der Waals surface area contributed by atoms with Crippen LogP contribution in [0.25, 0.3) is 0 Å². The summed E-state index contributed by atoms with van der Waals surface area (Å²) in [6.07, 6.45) is 3.73. The first-order chi connectivity index (χ1) is 9.88. The molecule has 0 unspecified atom stereocenters. The highest BCUT2D eigenvalue weighted by Crippen LogP contribution is 2.22. The second kappa shape index (κ2) is 5.34. The molecule has 1 saturated heterocycles. The maximum absolute atomic E-state index is 12.6. The highest BCUT2D eigenvalue weighted by Gasteiger charge is 2.34. The van der Waals surface area contributed by atoms with Gasteiger partial charge in [0, 0.05) is 31.2 Å². The van der Waals surface area contributed by atoms with Crippen LogP contribution in [-0.2, 0) is 26.4 Å². The number of nitrogens with one attached hydrogen (secondary N) is 2. The number of hydrogen-bond donors (Lipinski definition) is 2. The molecule has 10 heteroatoms. The van der Waals surface area contributed by atoms with Gasteiger partial charge in [0.1, 0.15) is 0 Å². The Morgan fingerprint density at radius 2 is 2.00 bits per heavy atom. The van der Waals surface area contributed by atoms with E-state index in [1.165, 1.54) is 10.5 Å². The Bertz CT molecular complexity index is 707. The molecule has 0 spiro atoms. The van der Waals surface area contributed by atoms with Gasteiger partial charge in [0.2, 0.25) is 0 Å². The predicted molar refractivity (Wildman–Crippen MR) is 75.9 cm³/mol. The molecule has 21 heavy (non-hydrogen) atoms. The lowest BCUT2D eigenvalue weighted by Gasteiger charge is -2.25. The van der Waals surface area contributed by atoms with Crippen molar-refractivity contribution in [3.05, 3.63) is 11.8 Å². The van der Waals surface area contributed by atoms with Crippen molar-refractivity contribution < 1.29 is 16.8 Å². The SMILES string of the molecule is O=S1(=O)CCN(S(=O)(=O)c2[nH]ncc2CNC2CC2)CC1. The molecule has 0 amide bonds. The summed E-state index contributed by atoms with van der Waals surface area (Å²) in [6.45, 7) is 0.445. The molecule has 2 N–H and O–H groups in total. The lowest BCUT2D eigenvalue weighted by Crippen LogP contribution is -2.44. The molecule has 3 rings (SSSR count). The number of aromatic amines is 1. The summed E-state index contributed by atoms with van der Waals surface area (Å²) in [4.78, 5) is 0. The largest absolute Gasteiger partial charge is 0.310 e. The van der Waals surface area contributed by atoms with Crippen LogP contribution in [0.2, 0.25) is 0 Å². The maximum Gasteiger partial charge on any atom is 0.260 e. The summed E-state index contributed by atoms with van der Waals surface area (Å²) in [6, 6.07) is 0.468.